The number of hydrogen-bond donors (Lipinski definition) is 0. The van der Waals surface area contributed by atoms with Gasteiger partial charge in [0.05, 0.1) is 15.8 Å². The number of rotatable bonds is 6. The molecule has 33 heavy (non-hydrogen) atoms. The Morgan fingerprint density at radius 1 is 1.27 bits per heavy atom. The largest absolute Gasteiger partial charge is 0.458 e. The minimum absolute atomic E-state index is 0.0653. The van der Waals surface area contributed by atoms with E-state index in [1.807, 2.05) is 23.6 Å². The van der Waals surface area contributed by atoms with Crippen LogP contribution in [-0.2, 0) is 14.3 Å². The Balaban J connectivity index is 1.86. The van der Waals surface area contributed by atoms with Gasteiger partial charge in [-0.15, -0.1) is 11.3 Å². The molecule has 0 saturated carbocycles. The van der Waals surface area contributed by atoms with Crippen molar-refractivity contribution >= 4 is 40.7 Å². The predicted octanol–water partition coefficient (Wildman–Crippen LogP) is 2.95. The molecule has 0 aliphatic carbocycles. The molecular weight excluding hydrogens is 460 g/mol. The SMILES string of the molecule is C=CCOC(=O)C1=C(C)N=c2sc(=Cc3cccc(OC(C)=O)c3)c(=O)n2C1c1cccs1. The van der Waals surface area contributed by atoms with Crippen LogP contribution in [0, 0.1) is 0 Å². The van der Waals surface area contributed by atoms with E-state index in [1.54, 1.807) is 31.2 Å². The van der Waals surface area contributed by atoms with Gasteiger partial charge in [0.25, 0.3) is 5.56 Å². The van der Waals surface area contributed by atoms with Gasteiger partial charge in [-0.25, -0.2) is 9.79 Å². The molecule has 9 heteroatoms. The second-order valence-electron chi connectivity index (χ2n) is 7.15. The number of thiophene rings is 1. The van der Waals surface area contributed by atoms with Gasteiger partial charge in [-0.3, -0.25) is 14.2 Å². The zero-order chi connectivity index (χ0) is 23.5. The van der Waals surface area contributed by atoms with Crippen molar-refractivity contribution in [2.45, 2.75) is 19.9 Å². The molecule has 0 bridgehead atoms. The lowest BCUT2D eigenvalue weighted by Gasteiger charge is -2.23. The van der Waals surface area contributed by atoms with Crippen LogP contribution in [0.15, 0.2) is 75.5 Å². The number of esters is 2. The first-order valence-electron chi connectivity index (χ1n) is 10.0. The van der Waals surface area contributed by atoms with Crippen molar-refractivity contribution in [1.82, 2.24) is 4.57 Å². The van der Waals surface area contributed by atoms with E-state index in [0.29, 0.717) is 31.9 Å². The third-order valence-electron chi connectivity index (χ3n) is 4.80. The van der Waals surface area contributed by atoms with Crippen LogP contribution in [0.25, 0.3) is 6.08 Å². The third-order valence-corrected chi connectivity index (χ3v) is 6.71. The van der Waals surface area contributed by atoms with Crippen LogP contribution in [0.2, 0.25) is 0 Å². The first kappa shape index (κ1) is 22.6. The number of hydrogen-bond acceptors (Lipinski definition) is 8. The number of aromatic nitrogens is 1. The number of benzene rings is 1. The van der Waals surface area contributed by atoms with E-state index in [2.05, 4.69) is 11.6 Å². The molecule has 0 saturated heterocycles. The Kier molecular flexibility index (Phi) is 6.52. The standard InChI is InChI=1S/C24H20N2O5S2/c1-4-10-30-23(29)20-14(2)25-24-26(21(20)18-9-6-11-32-18)22(28)19(33-24)13-16-7-5-8-17(12-16)31-15(3)27/h4-9,11-13,21H,1,10H2,2-3H3. The van der Waals surface area contributed by atoms with Crippen molar-refractivity contribution in [3.63, 3.8) is 0 Å². The number of thiazole rings is 1. The molecule has 1 aromatic carbocycles. The molecule has 7 nitrogen and oxygen atoms in total. The summed E-state index contributed by atoms with van der Waals surface area (Å²) in [5.74, 6) is -0.560. The number of nitrogens with zero attached hydrogens (tertiary/aromatic N) is 2. The molecule has 3 heterocycles. The first-order valence-corrected chi connectivity index (χ1v) is 11.7. The third kappa shape index (κ3) is 4.64. The van der Waals surface area contributed by atoms with E-state index in [0.717, 1.165) is 4.88 Å². The van der Waals surface area contributed by atoms with Crippen LogP contribution in [0.1, 0.15) is 30.3 Å². The fourth-order valence-corrected chi connectivity index (χ4v) is 5.37. The Labute approximate surface area is 197 Å². The monoisotopic (exact) mass is 480 g/mol. The van der Waals surface area contributed by atoms with Crippen LogP contribution >= 0.6 is 22.7 Å². The van der Waals surface area contributed by atoms with Gasteiger partial charge in [-0.1, -0.05) is 42.2 Å². The summed E-state index contributed by atoms with van der Waals surface area (Å²) < 4.78 is 12.4. The highest BCUT2D eigenvalue weighted by Gasteiger charge is 2.33. The summed E-state index contributed by atoms with van der Waals surface area (Å²) in [5, 5.41) is 1.90. The number of fused-ring (bicyclic) bond motifs is 1. The van der Waals surface area contributed by atoms with Crippen LogP contribution in [0.4, 0.5) is 0 Å². The smallest absolute Gasteiger partial charge is 0.338 e. The topological polar surface area (TPSA) is 87.0 Å². The molecule has 1 aliphatic rings. The number of allylic oxidation sites excluding steroid dienone is 1. The van der Waals surface area contributed by atoms with E-state index in [9.17, 15) is 14.4 Å². The van der Waals surface area contributed by atoms with E-state index >= 15 is 0 Å². The molecule has 0 amide bonds. The molecule has 168 valence electrons. The number of ether oxygens (including phenoxy) is 2. The fourth-order valence-electron chi connectivity index (χ4n) is 3.50. The van der Waals surface area contributed by atoms with Gasteiger partial charge in [0.2, 0.25) is 0 Å². The summed E-state index contributed by atoms with van der Waals surface area (Å²) in [6, 6.07) is 10.0. The van der Waals surface area contributed by atoms with Crippen molar-refractivity contribution in [3.8, 4) is 5.75 Å². The Morgan fingerprint density at radius 3 is 2.79 bits per heavy atom. The van der Waals surface area contributed by atoms with Crippen molar-refractivity contribution in [2.24, 2.45) is 4.99 Å². The van der Waals surface area contributed by atoms with Gasteiger partial charge in [0, 0.05) is 11.8 Å². The summed E-state index contributed by atoms with van der Waals surface area (Å²) in [4.78, 5) is 43.5. The summed E-state index contributed by atoms with van der Waals surface area (Å²) >= 11 is 2.69. The van der Waals surface area contributed by atoms with E-state index < -0.39 is 18.0 Å². The average molecular weight is 481 g/mol. The van der Waals surface area contributed by atoms with Gasteiger partial charge in [0.1, 0.15) is 18.4 Å². The van der Waals surface area contributed by atoms with Crippen molar-refractivity contribution in [3.05, 3.63) is 95.8 Å². The number of carbonyl (C=O) groups excluding carboxylic acids is 2. The minimum Gasteiger partial charge on any atom is -0.458 e. The van der Waals surface area contributed by atoms with E-state index in [4.69, 9.17) is 9.47 Å². The van der Waals surface area contributed by atoms with Crippen LogP contribution in [-0.4, -0.2) is 23.1 Å². The predicted molar refractivity (Wildman–Crippen MR) is 127 cm³/mol. The van der Waals surface area contributed by atoms with Gasteiger partial charge in [-0.2, -0.15) is 0 Å². The maximum Gasteiger partial charge on any atom is 0.338 e. The molecule has 0 fully saturated rings. The molecule has 4 rings (SSSR count). The van der Waals surface area contributed by atoms with Crippen molar-refractivity contribution < 1.29 is 19.1 Å². The van der Waals surface area contributed by atoms with Crippen LogP contribution in [0.3, 0.4) is 0 Å². The lowest BCUT2D eigenvalue weighted by molar-refractivity contribution is -0.138. The minimum atomic E-state index is -0.631. The molecule has 0 N–H and O–H groups in total. The Bertz CT molecular complexity index is 1440. The molecule has 2 aromatic heterocycles. The fraction of sp³-hybridized carbons (Fsp3) is 0.167. The Morgan fingerprint density at radius 2 is 2.09 bits per heavy atom. The van der Waals surface area contributed by atoms with Crippen molar-refractivity contribution in [2.75, 3.05) is 6.61 Å². The molecule has 0 radical (unpaired) electrons. The zero-order valence-electron chi connectivity index (χ0n) is 17.9. The summed E-state index contributed by atoms with van der Waals surface area (Å²) in [6.07, 6.45) is 3.21. The molecule has 1 atom stereocenters. The van der Waals surface area contributed by atoms with E-state index in [-0.39, 0.29) is 12.2 Å². The zero-order valence-corrected chi connectivity index (χ0v) is 19.6. The normalized spacial score (nSPS) is 15.6. The lowest BCUT2D eigenvalue weighted by Crippen LogP contribution is -2.39. The molecule has 3 aromatic rings. The summed E-state index contributed by atoms with van der Waals surface area (Å²) in [6.45, 7) is 6.72. The summed E-state index contributed by atoms with van der Waals surface area (Å²) in [7, 11) is 0. The van der Waals surface area contributed by atoms with E-state index in [1.165, 1.54) is 40.2 Å². The van der Waals surface area contributed by atoms with Gasteiger partial charge >= 0.3 is 11.9 Å². The second-order valence-corrected chi connectivity index (χ2v) is 9.14. The van der Waals surface area contributed by atoms with Gasteiger partial charge in [0.15, 0.2) is 4.80 Å². The molecule has 0 spiro atoms. The molecule has 1 aliphatic heterocycles. The molecular formula is C24H20N2O5S2. The van der Waals surface area contributed by atoms with Gasteiger partial charge < -0.3 is 9.47 Å². The first-order chi connectivity index (χ1) is 15.9. The maximum absolute atomic E-state index is 13.5. The van der Waals surface area contributed by atoms with Crippen LogP contribution in [0.5, 0.6) is 5.75 Å². The highest BCUT2D eigenvalue weighted by molar-refractivity contribution is 7.10. The number of carbonyl (C=O) groups is 2. The summed E-state index contributed by atoms with van der Waals surface area (Å²) in [5.41, 5.74) is 1.27. The highest BCUT2D eigenvalue weighted by Crippen LogP contribution is 2.33. The average Bonchev–Trinajstić information content (AvgIpc) is 3.40. The van der Waals surface area contributed by atoms with Crippen molar-refractivity contribution in [1.29, 1.82) is 0 Å². The quantitative estimate of drug-likeness (QED) is 0.308. The maximum atomic E-state index is 13.5. The Hall–Kier alpha value is -3.56. The highest BCUT2D eigenvalue weighted by atomic mass is 32.1. The lowest BCUT2D eigenvalue weighted by atomic mass is 10.0. The van der Waals surface area contributed by atoms with Crippen LogP contribution < -0.4 is 19.6 Å². The van der Waals surface area contributed by atoms with Gasteiger partial charge in [-0.05, 0) is 42.1 Å². The molecule has 1 unspecified atom stereocenters. The second kappa shape index (κ2) is 9.51.